The Balaban J connectivity index is 2.44. The van der Waals surface area contributed by atoms with Gasteiger partial charge in [-0.3, -0.25) is 5.21 Å². The molecule has 1 atom stereocenters. The molecule has 0 saturated heterocycles. The van der Waals surface area contributed by atoms with Gasteiger partial charge < -0.3 is 14.9 Å². The lowest BCUT2D eigenvalue weighted by Gasteiger charge is -2.17. The molecule has 18 heavy (non-hydrogen) atoms. The van der Waals surface area contributed by atoms with Crippen molar-refractivity contribution >= 4 is 17.0 Å². The van der Waals surface area contributed by atoms with Gasteiger partial charge in [-0.15, -0.1) is 0 Å². The van der Waals surface area contributed by atoms with E-state index in [9.17, 15) is 10.0 Å². The van der Waals surface area contributed by atoms with Gasteiger partial charge in [0.1, 0.15) is 11.8 Å². The van der Waals surface area contributed by atoms with Gasteiger partial charge in [-0.2, -0.15) is 5.06 Å². The predicted octanol–water partition coefficient (Wildman–Crippen LogP) is 2.27. The van der Waals surface area contributed by atoms with Gasteiger partial charge in [0.25, 0.3) is 0 Å². The zero-order chi connectivity index (χ0) is 13.3. The molecule has 6 heteroatoms. The van der Waals surface area contributed by atoms with Gasteiger partial charge in [0.05, 0.1) is 7.11 Å². The van der Waals surface area contributed by atoms with Crippen LogP contribution in [0, 0.1) is 0 Å². The lowest BCUT2D eigenvalue weighted by molar-refractivity contribution is -0.0758. The number of carbonyl (C=O) groups is 1. The summed E-state index contributed by atoms with van der Waals surface area (Å²) in [4.78, 5) is 10.9. The molecule has 1 unspecified atom stereocenters. The maximum Gasteiger partial charge on any atom is 0.339 e. The first kappa shape index (κ1) is 12.3. The van der Waals surface area contributed by atoms with E-state index in [2.05, 4.69) is 0 Å². The smallest absolute Gasteiger partial charge is 0.339 e. The number of fused-ring (bicyclic) bond motifs is 1. The third-order valence-corrected chi connectivity index (χ3v) is 2.75. The van der Waals surface area contributed by atoms with Crippen LogP contribution in [0.1, 0.15) is 18.7 Å². The monoisotopic (exact) mass is 250 g/mol. The summed E-state index contributed by atoms with van der Waals surface area (Å²) >= 11 is 0. The van der Waals surface area contributed by atoms with Crippen LogP contribution in [0.5, 0.6) is 5.75 Å². The van der Waals surface area contributed by atoms with E-state index in [4.69, 9.17) is 14.9 Å². The highest BCUT2D eigenvalue weighted by molar-refractivity contribution is 5.84. The SMILES string of the molecule is COc1cccc2cc(C(C)N(O)C(N)=O)oc12. The number of carbonyl (C=O) groups excluding carboxylic acids is 1. The Morgan fingerprint density at radius 3 is 2.89 bits per heavy atom. The number of methoxy groups -OCH3 is 1. The van der Waals surface area contributed by atoms with E-state index in [1.807, 2.05) is 12.1 Å². The number of para-hydroxylation sites is 1. The highest BCUT2D eigenvalue weighted by Gasteiger charge is 2.21. The van der Waals surface area contributed by atoms with Gasteiger partial charge in [0.15, 0.2) is 11.3 Å². The Bertz CT molecular complexity index is 578. The summed E-state index contributed by atoms with van der Waals surface area (Å²) in [6.45, 7) is 1.61. The van der Waals surface area contributed by atoms with Gasteiger partial charge in [-0.05, 0) is 19.1 Å². The highest BCUT2D eigenvalue weighted by Crippen LogP contribution is 2.32. The van der Waals surface area contributed by atoms with Crippen molar-refractivity contribution in [2.75, 3.05) is 7.11 Å². The summed E-state index contributed by atoms with van der Waals surface area (Å²) < 4.78 is 10.8. The molecule has 0 radical (unpaired) electrons. The van der Waals surface area contributed by atoms with Gasteiger partial charge in [0.2, 0.25) is 0 Å². The summed E-state index contributed by atoms with van der Waals surface area (Å²) in [6, 6.07) is 5.58. The van der Waals surface area contributed by atoms with E-state index in [1.165, 1.54) is 0 Å². The van der Waals surface area contributed by atoms with Crippen molar-refractivity contribution in [3.8, 4) is 5.75 Å². The fourth-order valence-electron chi connectivity index (χ4n) is 1.73. The van der Waals surface area contributed by atoms with Gasteiger partial charge in [-0.25, -0.2) is 4.79 Å². The number of nitrogens with two attached hydrogens (primary N) is 1. The Morgan fingerprint density at radius 2 is 2.28 bits per heavy atom. The molecule has 0 spiro atoms. The number of hydrogen-bond acceptors (Lipinski definition) is 4. The fourth-order valence-corrected chi connectivity index (χ4v) is 1.73. The van der Waals surface area contributed by atoms with Crippen LogP contribution >= 0.6 is 0 Å². The molecule has 2 amide bonds. The third-order valence-electron chi connectivity index (χ3n) is 2.75. The molecule has 1 aromatic carbocycles. The van der Waals surface area contributed by atoms with Crippen LogP contribution in [0.25, 0.3) is 11.0 Å². The average molecular weight is 250 g/mol. The number of amides is 2. The van der Waals surface area contributed by atoms with E-state index in [0.29, 0.717) is 22.2 Å². The number of rotatable bonds is 3. The van der Waals surface area contributed by atoms with Gasteiger partial charge >= 0.3 is 6.03 Å². The van der Waals surface area contributed by atoms with Crippen molar-refractivity contribution in [2.45, 2.75) is 13.0 Å². The van der Waals surface area contributed by atoms with Gasteiger partial charge in [-0.1, -0.05) is 12.1 Å². The van der Waals surface area contributed by atoms with Gasteiger partial charge in [0, 0.05) is 5.39 Å². The number of hydroxylamine groups is 2. The summed E-state index contributed by atoms with van der Waals surface area (Å²) in [7, 11) is 1.54. The zero-order valence-electron chi connectivity index (χ0n) is 10.1. The number of ether oxygens (including phenoxy) is 1. The molecule has 1 aromatic heterocycles. The molecule has 96 valence electrons. The van der Waals surface area contributed by atoms with Crippen molar-refractivity contribution in [1.82, 2.24) is 5.06 Å². The van der Waals surface area contributed by atoms with E-state index >= 15 is 0 Å². The van der Waals surface area contributed by atoms with Crippen LogP contribution in [0.2, 0.25) is 0 Å². The average Bonchev–Trinajstić information content (AvgIpc) is 2.80. The second kappa shape index (κ2) is 4.58. The first-order valence-corrected chi connectivity index (χ1v) is 5.38. The first-order chi connectivity index (χ1) is 8.54. The topological polar surface area (TPSA) is 88.9 Å². The van der Waals surface area contributed by atoms with Crippen LogP contribution in [0.4, 0.5) is 4.79 Å². The molecular weight excluding hydrogens is 236 g/mol. The Morgan fingerprint density at radius 1 is 1.56 bits per heavy atom. The molecule has 1 heterocycles. The molecule has 2 aromatic rings. The maximum atomic E-state index is 10.9. The number of nitrogens with zero attached hydrogens (tertiary/aromatic N) is 1. The number of primary amides is 1. The standard InChI is InChI=1S/C12H14N2O4/c1-7(14(16)12(13)15)10-6-8-4-3-5-9(17-2)11(8)18-10/h3-7,16H,1-2H3,(H2,13,15). The molecular formula is C12H14N2O4. The van der Waals surface area contributed by atoms with Crippen LogP contribution in [-0.4, -0.2) is 23.4 Å². The minimum absolute atomic E-state index is 0.421. The summed E-state index contributed by atoms with van der Waals surface area (Å²) in [5, 5.41) is 10.7. The fraction of sp³-hybridized carbons (Fsp3) is 0.250. The molecule has 0 aliphatic heterocycles. The molecule has 0 bridgehead atoms. The van der Waals surface area contributed by atoms with Crippen molar-refractivity contribution in [1.29, 1.82) is 0 Å². The lowest BCUT2D eigenvalue weighted by Crippen LogP contribution is -2.34. The normalized spacial score (nSPS) is 12.4. The van der Waals surface area contributed by atoms with E-state index in [1.54, 1.807) is 26.2 Å². The van der Waals surface area contributed by atoms with Crippen LogP contribution in [-0.2, 0) is 0 Å². The first-order valence-electron chi connectivity index (χ1n) is 5.38. The molecule has 2 rings (SSSR count). The quantitative estimate of drug-likeness (QED) is 0.646. The van der Waals surface area contributed by atoms with Crippen LogP contribution in [0.15, 0.2) is 28.7 Å². The van der Waals surface area contributed by atoms with E-state index in [-0.39, 0.29) is 0 Å². The molecule has 0 aliphatic rings. The number of hydrogen-bond donors (Lipinski definition) is 2. The Labute approximate surface area is 103 Å². The van der Waals surface area contributed by atoms with Crippen molar-refractivity contribution < 1.29 is 19.2 Å². The van der Waals surface area contributed by atoms with E-state index in [0.717, 1.165) is 5.39 Å². The molecule has 0 fully saturated rings. The minimum atomic E-state index is -0.935. The molecule has 6 nitrogen and oxygen atoms in total. The van der Waals surface area contributed by atoms with Crippen LogP contribution in [0.3, 0.4) is 0 Å². The number of furan rings is 1. The summed E-state index contributed by atoms with van der Waals surface area (Å²) in [5.41, 5.74) is 5.56. The van der Waals surface area contributed by atoms with Crippen LogP contribution < -0.4 is 10.5 Å². The summed E-state index contributed by atoms with van der Waals surface area (Å²) in [5.74, 6) is 1.02. The zero-order valence-corrected chi connectivity index (χ0v) is 10.1. The number of benzene rings is 1. The summed E-state index contributed by atoms with van der Waals surface area (Å²) in [6.07, 6.45) is 0. The number of urea groups is 1. The Hall–Kier alpha value is -2.21. The second-order valence-electron chi connectivity index (χ2n) is 3.89. The largest absolute Gasteiger partial charge is 0.493 e. The second-order valence-corrected chi connectivity index (χ2v) is 3.89. The highest BCUT2D eigenvalue weighted by atomic mass is 16.5. The third kappa shape index (κ3) is 1.98. The molecule has 3 N–H and O–H groups in total. The maximum absolute atomic E-state index is 10.9. The van der Waals surface area contributed by atoms with Crippen molar-refractivity contribution in [3.63, 3.8) is 0 Å². The minimum Gasteiger partial charge on any atom is -0.493 e. The lowest BCUT2D eigenvalue weighted by atomic mass is 10.2. The van der Waals surface area contributed by atoms with Crippen molar-refractivity contribution in [3.05, 3.63) is 30.0 Å². The van der Waals surface area contributed by atoms with E-state index < -0.39 is 12.1 Å². The predicted molar refractivity (Wildman–Crippen MR) is 64.4 cm³/mol. The van der Waals surface area contributed by atoms with Crippen molar-refractivity contribution in [2.24, 2.45) is 5.73 Å². The molecule has 0 saturated carbocycles. The molecule has 0 aliphatic carbocycles. The Kier molecular flexibility index (Phi) is 3.12.